The van der Waals surface area contributed by atoms with Crippen LogP contribution in [0.5, 0.6) is 0 Å². The van der Waals surface area contributed by atoms with E-state index in [0.717, 1.165) is 13.0 Å². The van der Waals surface area contributed by atoms with Crippen LogP contribution in [0.25, 0.3) is 0 Å². The van der Waals surface area contributed by atoms with Crippen LogP contribution in [0.15, 0.2) is 24.5 Å². The third-order valence-corrected chi connectivity index (χ3v) is 4.07. The van der Waals surface area contributed by atoms with Crippen LogP contribution in [-0.4, -0.2) is 41.1 Å². The second kappa shape index (κ2) is 7.39. The molecule has 0 spiro atoms. The molecule has 2 heterocycles. The minimum Gasteiger partial charge on any atom is -0.462 e. The summed E-state index contributed by atoms with van der Waals surface area (Å²) in [6, 6.07) is 4.76. The molecule has 4 heteroatoms. The quantitative estimate of drug-likeness (QED) is 0.612. The summed E-state index contributed by atoms with van der Waals surface area (Å²) in [6.45, 7) is 6.06. The van der Waals surface area contributed by atoms with Gasteiger partial charge in [-0.05, 0) is 45.2 Å². The Balaban J connectivity index is 1.70. The maximum absolute atomic E-state index is 11.7. The van der Waals surface area contributed by atoms with Crippen molar-refractivity contribution in [3.63, 3.8) is 0 Å². The van der Waals surface area contributed by atoms with Crippen molar-refractivity contribution in [3.8, 4) is 0 Å². The number of esters is 1. The highest BCUT2D eigenvalue weighted by molar-refractivity contribution is 5.88. The molecular formula is C16H24N2O2. The molecular weight excluding hydrogens is 252 g/mol. The van der Waals surface area contributed by atoms with Crippen LogP contribution >= 0.6 is 0 Å². The summed E-state index contributed by atoms with van der Waals surface area (Å²) in [5.41, 5.74) is 0.521. The summed E-state index contributed by atoms with van der Waals surface area (Å²) in [5.74, 6) is -0.280. The SMILES string of the molecule is CC1CCCC(C)N1CCCOC(=O)c1cccnc1. The largest absolute Gasteiger partial charge is 0.462 e. The molecule has 0 bridgehead atoms. The summed E-state index contributed by atoms with van der Waals surface area (Å²) < 4.78 is 5.28. The Kier molecular flexibility index (Phi) is 5.53. The van der Waals surface area contributed by atoms with E-state index in [9.17, 15) is 4.79 Å². The van der Waals surface area contributed by atoms with Gasteiger partial charge in [-0.2, -0.15) is 0 Å². The number of ether oxygens (including phenoxy) is 1. The van der Waals surface area contributed by atoms with Gasteiger partial charge in [0.15, 0.2) is 0 Å². The second-order valence-electron chi connectivity index (χ2n) is 5.60. The molecule has 110 valence electrons. The van der Waals surface area contributed by atoms with E-state index < -0.39 is 0 Å². The maximum Gasteiger partial charge on any atom is 0.339 e. The lowest BCUT2D eigenvalue weighted by atomic mass is 9.97. The van der Waals surface area contributed by atoms with Gasteiger partial charge in [0.25, 0.3) is 0 Å². The number of hydrogen-bond acceptors (Lipinski definition) is 4. The van der Waals surface area contributed by atoms with E-state index in [1.54, 1.807) is 18.3 Å². The summed E-state index contributed by atoms with van der Waals surface area (Å²) in [6.07, 6.45) is 7.96. The highest BCUT2D eigenvalue weighted by Gasteiger charge is 2.23. The van der Waals surface area contributed by atoms with Crippen molar-refractivity contribution in [1.82, 2.24) is 9.88 Å². The van der Waals surface area contributed by atoms with E-state index in [4.69, 9.17) is 4.74 Å². The molecule has 4 nitrogen and oxygen atoms in total. The normalized spacial score (nSPS) is 23.5. The predicted octanol–water partition coefficient (Wildman–Crippen LogP) is 2.89. The predicted molar refractivity (Wildman–Crippen MR) is 78.6 cm³/mol. The number of likely N-dealkylation sites (tertiary alicyclic amines) is 1. The van der Waals surface area contributed by atoms with Crippen molar-refractivity contribution in [2.45, 2.75) is 51.6 Å². The molecule has 0 aromatic carbocycles. The molecule has 2 rings (SSSR count). The molecule has 0 N–H and O–H groups in total. The molecule has 0 radical (unpaired) electrons. The van der Waals surface area contributed by atoms with Crippen LogP contribution < -0.4 is 0 Å². The van der Waals surface area contributed by atoms with Crippen LogP contribution in [0, 0.1) is 0 Å². The summed E-state index contributed by atoms with van der Waals surface area (Å²) in [4.78, 5) is 18.2. The van der Waals surface area contributed by atoms with Gasteiger partial charge in [-0.15, -0.1) is 0 Å². The van der Waals surface area contributed by atoms with Crippen LogP contribution in [0.4, 0.5) is 0 Å². The molecule has 1 fully saturated rings. The smallest absolute Gasteiger partial charge is 0.339 e. The van der Waals surface area contributed by atoms with E-state index in [1.165, 1.54) is 25.5 Å². The number of rotatable bonds is 5. The van der Waals surface area contributed by atoms with Crippen molar-refractivity contribution < 1.29 is 9.53 Å². The highest BCUT2D eigenvalue weighted by atomic mass is 16.5. The summed E-state index contributed by atoms with van der Waals surface area (Å²) in [7, 11) is 0. The molecule has 0 amide bonds. The Morgan fingerprint density at radius 2 is 2.15 bits per heavy atom. The van der Waals surface area contributed by atoms with Crippen LogP contribution in [0.1, 0.15) is 49.9 Å². The lowest BCUT2D eigenvalue weighted by Gasteiger charge is -2.38. The molecule has 2 unspecified atom stereocenters. The molecule has 1 saturated heterocycles. The number of carbonyl (C=O) groups is 1. The first kappa shape index (κ1) is 15.0. The van der Waals surface area contributed by atoms with Gasteiger partial charge in [0.2, 0.25) is 0 Å². The molecule has 2 atom stereocenters. The monoisotopic (exact) mass is 276 g/mol. The maximum atomic E-state index is 11.7. The highest BCUT2D eigenvalue weighted by Crippen LogP contribution is 2.22. The number of nitrogens with zero attached hydrogens (tertiary/aromatic N) is 2. The second-order valence-corrected chi connectivity index (χ2v) is 5.60. The average Bonchev–Trinajstić information content (AvgIpc) is 2.46. The number of piperidine rings is 1. The molecule has 1 aromatic rings. The van der Waals surface area contributed by atoms with Gasteiger partial charge < -0.3 is 4.74 Å². The fraction of sp³-hybridized carbons (Fsp3) is 0.625. The van der Waals surface area contributed by atoms with Crippen molar-refractivity contribution in [3.05, 3.63) is 30.1 Å². The average molecular weight is 276 g/mol. The lowest BCUT2D eigenvalue weighted by Crippen LogP contribution is -2.44. The minimum absolute atomic E-state index is 0.280. The van der Waals surface area contributed by atoms with Crippen molar-refractivity contribution in [1.29, 1.82) is 0 Å². The fourth-order valence-corrected chi connectivity index (χ4v) is 2.89. The van der Waals surface area contributed by atoms with E-state index in [0.29, 0.717) is 24.3 Å². The Bertz CT molecular complexity index is 412. The zero-order valence-corrected chi connectivity index (χ0v) is 12.4. The first-order valence-electron chi connectivity index (χ1n) is 7.51. The third-order valence-electron chi connectivity index (χ3n) is 4.07. The summed E-state index contributed by atoms with van der Waals surface area (Å²) in [5, 5.41) is 0. The van der Waals surface area contributed by atoms with E-state index in [2.05, 4.69) is 23.7 Å². The third kappa shape index (κ3) is 4.04. The lowest BCUT2D eigenvalue weighted by molar-refractivity contribution is 0.0449. The first-order chi connectivity index (χ1) is 9.68. The van der Waals surface area contributed by atoms with Gasteiger partial charge in [0, 0.05) is 31.0 Å². The number of hydrogen-bond donors (Lipinski definition) is 0. The van der Waals surface area contributed by atoms with E-state index in [1.807, 2.05) is 0 Å². The van der Waals surface area contributed by atoms with E-state index in [-0.39, 0.29) is 5.97 Å². The van der Waals surface area contributed by atoms with Gasteiger partial charge in [0.1, 0.15) is 0 Å². The molecule has 1 aromatic heterocycles. The van der Waals surface area contributed by atoms with Crippen LogP contribution in [0.2, 0.25) is 0 Å². The minimum atomic E-state index is -0.280. The zero-order valence-electron chi connectivity index (χ0n) is 12.4. The van der Waals surface area contributed by atoms with Gasteiger partial charge in [-0.25, -0.2) is 4.79 Å². The van der Waals surface area contributed by atoms with Crippen molar-refractivity contribution in [2.24, 2.45) is 0 Å². The Morgan fingerprint density at radius 3 is 2.80 bits per heavy atom. The molecule has 0 saturated carbocycles. The number of aromatic nitrogens is 1. The molecule has 0 aliphatic carbocycles. The van der Waals surface area contributed by atoms with Crippen LogP contribution in [-0.2, 0) is 4.74 Å². The van der Waals surface area contributed by atoms with Crippen LogP contribution in [0.3, 0.4) is 0 Å². The molecule has 20 heavy (non-hydrogen) atoms. The Labute approximate surface area is 121 Å². The molecule has 1 aliphatic heterocycles. The molecule has 1 aliphatic rings. The zero-order chi connectivity index (χ0) is 14.4. The topological polar surface area (TPSA) is 42.4 Å². The van der Waals surface area contributed by atoms with Crippen molar-refractivity contribution >= 4 is 5.97 Å². The van der Waals surface area contributed by atoms with Crippen molar-refractivity contribution in [2.75, 3.05) is 13.2 Å². The van der Waals surface area contributed by atoms with Gasteiger partial charge >= 0.3 is 5.97 Å². The first-order valence-corrected chi connectivity index (χ1v) is 7.51. The Morgan fingerprint density at radius 1 is 1.40 bits per heavy atom. The number of pyridine rings is 1. The number of carbonyl (C=O) groups excluding carboxylic acids is 1. The Hall–Kier alpha value is -1.42. The summed E-state index contributed by atoms with van der Waals surface area (Å²) >= 11 is 0. The fourth-order valence-electron chi connectivity index (χ4n) is 2.89. The van der Waals surface area contributed by atoms with E-state index >= 15 is 0 Å². The van der Waals surface area contributed by atoms with Gasteiger partial charge in [-0.1, -0.05) is 6.42 Å². The van der Waals surface area contributed by atoms with Gasteiger partial charge in [-0.3, -0.25) is 9.88 Å². The standard InChI is InChI=1S/C16H24N2O2/c1-13-6-3-7-14(2)18(13)10-5-11-20-16(19)15-8-4-9-17-12-15/h4,8-9,12-14H,3,5-7,10-11H2,1-2H3. The van der Waals surface area contributed by atoms with Gasteiger partial charge in [0.05, 0.1) is 12.2 Å².